The van der Waals surface area contributed by atoms with Crippen LogP contribution in [0.15, 0.2) is 42.1 Å². The highest BCUT2D eigenvalue weighted by atomic mass is 32.2. The largest absolute Gasteiger partial charge is 0.299 e. The minimum atomic E-state index is 0.125. The summed E-state index contributed by atoms with van der Waals surface area (Å²) in [6.45, 7) is 8.01. The summed E-state index contributed by atoms with van der Waals surface area (Å²) in [6, 6.07) is 8.13. The second-order valence-electron chi connectivity index (χ2n) is 4.57. The second-order valence-corrected chi connectivity index (χ2v) is 5.51. The first kappa shape index (κ1) is 14.5. The predicted molar refractivity (Wildman–Crippen MR) is 81.8 cm³/mol. The molecule has 104 valence electrons. The van der Waals surface area contributed by atoms with Crippen LogP contribution in [0.3, 0.4) is 0 Å². The molecular formula is C15H17N3OS. The third-order valence-electron chi connectivity index (χ3n) is 2.71. The normalized spacial score (nSPS) is 10.5. The van der Waals surface area contributed by atoms with Gasteiger partial charge in [-0.15, -0.1) is 16.8 Å². The molecular weight excluding hydrogens is 270 g/mol. The number of hydrogen-bond donors (Lipinski definition) is 0. The summed E-state index contributed by atoms with van der Waals surface area (Å²) in [5.41, 5.74) is 2.20. The molecule has 2 aromatic rings. The average Bonchev–Trinajstić information content (AvgIpc) is 2.80. The molecule has 1 aromatic heterocycles. The maximum Gasteiger partial charge on any atom is 0.192 e. The Balaban J connectivity index is 2.38. The van der Waals surface area contributed by atoms with Crippen molar-refractivity contribution in [1.82, 2.24) is 14.8 Å². The lowest BCUT2D eigenvalue weighted by atomic mass is 10.1. The number of nitrogens with zero attached hydrogens (tertiary/aromatic N) is 3. The Bertz CT molecular complexity index is 634. The Morgan fingerprint density at radius 2 is 2.25 bits per heavy atom. The molecule has 0 aliphatic carbocycles. The van der Waals surface area contributed by atoms with E-state index in [9.17, 15) is 4.79 Å². The van der Waals surface area contributed by atoms with Crippen molar-refractivity contribution in [1.29, 1.82) is 0 Å². The smallest absolute Gasteiger partial charge is 0.192 e. The highest BCUT2D eigenvalue weighted by Gasteiger charge is 2.13. The summed E-state index contributed by atoms with van der Waals surface area (Å²) in [4.78, 5) is 11.1. The van der Waals surface area contributed by atoms with Crippen LogP contribution in [0.1, 0.15) is 12.5 Å². The molecule has 0 bridgehead atoms. The average molecular weight is 287 g/mol. The molecule has 5 heteroatoms. The number of thioether (sulfide) groups is 1. The van der Waals surface area contributed by atoms with Crippen molar-refractivity contribution in [3.05, 3.63) is 42.5 Å². The van der Waals surface area contributed by atoms with E-state index in [1.165, 1.54) is 17.3 Å². The van der Waals surface area contributed by atoms with E-state index >= 15 is 0 Å². The topological polar surface area (TPSA) is 47.8 Å². The van der Waals surface area contributed by atoms with E-state index in [0.29, 0.717) is 12.3 Å². The Kier molecular flexibility index (Phi) is 4.74. The van der Waals surface area contributed by atoms with Crippen LogP contribution >= 0.6 is 11.8 Å². The van der Waals surface area contributed by atoms with Crippen molar-refractivity contribution in [2.24, 2.45) is 0 Å². The Morgan fingerprint density at radius 3 is 2.90 bits per heavy atom. The van der Waals surface area contributed by atoms with Crippen molar-refractivity contribution >= 4 is 17.5 Å². The predicted octanol–water partition coefficient (Wildman–Crippen LogP) is 3.12. The summed E-state index contributed by atoms with van der Waals surface area (Å²) in [7, 11) is 0. The minimum absolute atomic E-state index is 0.125. The third kappa shape index (κ3) is 3.36. The van der Waals surface area contributed by atoms with E-state index in [-0.39, 0.29) is 5.78 Å². The van der Waals surface area contributed by atoms with Gasteiger partial charge in [0, 0.05) is 12.1 Å². The molecule has 1 aromatic carbocycles. The minimum Gasteiger partial charge on any atom is -0.299 e. The van der Waals surface area contributed by atoms with E-state index in [1.807, 2.05) is 29.7 Å². The number of ketones is 1. The lowest BCUT2D eigenvalue weighted by Gasteiger charge is -2.07. The van der Waals surface area contributed by atoms with Gasteiger partial charge in [0.1, 0.15) is 5.78 Å². The lowest BCUT2D eigenvalue weighted by Crippen LogP contribution is -2.02. The molecule has 0 aliphatic rings. The number of aryl methyl sites for hydroxylation is 1. The Labute approximate surface area is 122 Å². The summed E-state index contributed by atoms with van der Waals surface area (Å²) in [6.07, 6.45) is 1.81. The van der Waals surface area contributed by atoms with Crippen LogP contribution in [0.5, 0.6) is 0 Å². The van der Waals surface area contributed by atoms with Crippen LogP contribution in [-0.2, 0) is 11.3 Å². The van der Waals surface area contributed by atoms with E-state index < -0.39 is 0 Å². The molecule has 0 radical (unpaired) electrons. The van der Waals surface area contributed by atoms with Gasteiger partial charge in [-0.25, -0.2) is 0 Å². The Hall–Kier alpha value is -1.88. The summed E-state index contributed by atoms with van der Waals surface area (Å²) < 4.78 is 1.98. The molecule has 0 saturated carbocycles. The van der Waals surface area contributed by atoms with Gasteiger partial charge in [0.05, 0.1) is 5.75 Å². The molecule has 0 amide bonds. The molecule has 0 aliphatic heterocycles. The van der Waals surface area contributed by atoms with Gasteiger partial charge in [-0.1, -0.05) is 41.6 Å². The van der Waals surface area contributed by atoms with Gasteiger partial charge in [-0.2, -0.15) is 0 Å². The first-order valence-corrected chi connectivity index (χ1v) is 7.33. The molecule has 0 N–H and O–H groups in total. The number of carbonyl (C=O) groups excluding carboxylic acids is 1. The maximum atomic E-state index is 11.1. The van der Waals surface area contributed by atoms with Crippen LogP contribution in [-0.4, -0.2) is 26.3 Å². The van der Waals surface area contributed by atoms with Crippen molar-refractivity contribution in [2.45, 2.75) is 25.5 Å². The zero-order valence-electron chi connectivity index (χ0n) is 11.7. The fraction of sp³-hybridized carbons (Fsp3) is 0.267. The Morgan fingerprint density at radius 1 is 1.45 bits per heavy atom. The van der Waals surface area contributed by atoms with E-state index in [4.69, 9.17) is 0 Å². The van der Waals surface area contributed by atoms with Crippen LogP contribution in [0.4, 0.5) is 0 Å². The fourth-order valence-electron chi connectivity index (χ4n) is 1.85. The molecule has 0 spiro atoms. The van der Waals surface area contributed by atoms with Crippen LogP contribution < -0.4 is 0 Å². The lowest BCUT2D eigenvalue weighted by molar-refractivity contribution is -0.114. The quantitative estimate of drug-likeness (QED) is 0.605. The van der Waals surface area contributed by atoms with Gasteiger partial charge in [0.15, 0.2) is 11.0 Å². The standard InChI is InChI=1S/C15H17N3OS/c1-4-8-18-14(13-7-5-6-11(2)9-13)16-17-15(18)20-10-12(3)19/h4-7,9H,1,8,10H2,2-3H3. The summed E-state index contributed by atoms with van der Waals surface area (Å²) in [5, 5.41) is 9.19. The van der Waals surface area contributed by atoms with Gasteiger partial charge < -0.3 is 0 Å². The number of Topliss-reactive ketones (excluding diaryl/α,β-unsaturated/α-hetero) is 1. The van der Waals surface area contributed by atoms with E-state index in [2.05, 4.69) is 22.8 Å². The van der Waals surface area contributed by atoms with Gasteiger partial charge in [0.25, 0.3) is 0 Å². The highest BCUT2D eigenvalue weighted by Crippen LogP contribution is 2.24. The summed E-state index contributed by atoms with van der Waals surface area (Å²) in [5.74, 6) is 1.34. The number of benzene rings is 1. The zero-order valence-corrected chi connectivity index (χ0v) is 12.5. The van der Waals surface area contributed by atoms with Gasteiger partial charge >= 0.3 is 0 Å². The number of aromatic nitrogens is 3. The number of allylic oxidation sites excluding steroid dienone is 1. The molecule has 0 unspecified atom stereocenters. The molecule has 0 fully saturated rings. The van der Waals surface area contributed by atoms with E-state index in [0.717, 1.165) is 16.5 Å². The zero-order chi connectivity index (χ0) is 14.5. The number of hydrogen-bond acceptors (Lipinski definition) is 4. The SMILES string of the molecule is C=CCn1c(SCC(C)=O)nnc1-c1cccc(C)c1. The highest BCUT2D eigenvalue weighted by molar-refractivity contribution is 7.99. The monoisotopic (exact) mass is 287 g/mol. The number of carbonyl (C=O) groups is 1. The fourth-order valence-corrected chi connectivity index (χ4v) is 2.60. The third-order valence-corrected chi connectivity index (χ3v) is 3.82. The van der Waals surface area contributed by atoms with Crippen LogP contribution in [0.25, 0.3) is 11.4 Å². The van der Waals surface area contributed by atoms with Gasteiger partial charge in [-0.05, 0) is 19.9 Å². The molecule has 2 rings (SSSR count). The molecule has 0 atom stereocenters. The molecule has 20 heavy (non-hydrogen) atoms. The van der Waals surface area contributed by atoms with Crippen LogP contribution in [0, 0.1) is 6.92 Å². The van der Waals surface area contributed by atoms with Crippen molar-refractivity contribution < 1.29 is 4.79 Å². The molecule has 0 saturated heterocycles. The summed E-state index contributed by atoms with van der Waals surface area (Å²) >= 11 is 1.41. The van der Waals surface area contributed by atoms with Crippen molar-refractivity contribution in [2.75, 3.05) is 5.75 Å². The van der Waals surface area contributed by atoms with E-state index in [1.54, 1.807) is 13.0 Å². The van der Waals surface area contributed by atoms with Gasteiger partial charge in [-0.3, -0.25) is 9.36 Å². The first-order chi connectivity index (χ1) is 9.61. The number of rotatable bonds is 6. The maximum absolute atomic E-state index is 11.1. The molecule has 4 nitrogen and oxygen atoms in total. The van der Waals surface area contributed by atoms with Gasteiger partial charge in [0.2, 0.25) is 0 Å². The first-order valence-electron chi connectivity index (χ1n) is 6.35. The molecule has 1 heterocycles. The second kappa shape index (κ2) is 6.52. The van der Waals surface area contributed by atoms with Crippen molar-refractivity contribution in [3.63, 3.8) is 0 Å². The van der Waals surface area contributed by atoms with Crippen molar-refractivity contribution in [3.8, 4) is 11.4 Å². The van der Waals surface area contributed by atoms with Crippen LogP contribution in [0.2, 0.25) is 0 Å².